The van der Waals surface area contributed by atoms with E-state index in [1.54, 1.807) is 0 Å². The second kappa shape index (κ2) is 6.39. The van der Waals surface area contributed by atoms with Crippen LogP contribution in [-0.4, -0.2) is 13.1 Å². The highest BCUT2D eigenvalue weighted by atomic mass is 15.1. The van der Waals surface area contributed by atoms with Crippen molar-refractivity contribution in [2.45, 2.75) is 39.0 Å². The lowest BCUT2D eigenvalue weighted by Gasteiger charge is -2.35. The van der Waals surface area contributed by atoms with Crippen molar-refractivity contribution in [1.29, 1.82) is 0 Å². The molecule has 2 aromatic rings. The number of piperidine rings is 1. The van der Waals surface area contributed by atoms with E-state index in [1.165, 1.54) is 67.6 Å². The maximum atomic E-state index is 2.62. The highest BCUT2D eigenvalue weighted by Crippen LogP contribution is 2.39. The van der Waals surface area contributed by atoms with Crippen LogP contribution in [-0.2, 0) is 0 Å². The molecule has 23 heavy (non-hydrogen) atoms. The molecule has 1 aliphatic heterocycles. The van der Waals surface area contributed by atoms with E-state index >= 15 is 0 Å². The van der Waals surface area contributed by atoms with Crippen LogP contribution in [0, 0.1) is 18.8 Å². The monoisotopic (exact) mass is 305 g/mol. The quantitative estimate of drug-likeness (QED) is 0.702. The molecule has 0 aromatic heterocycles. The number of rotatable bonds is 4. The average Bonchev–Trinajstić information content (AvgIpc) is 3.41. The minimum atomic E-state index is 0.983. The molecule has 1 aliphatic carbocycles. The standard InChI is InChI=1S/C22H27N/c1-17-21(20-6-3-2-4-7-20)8-5-9-22(17)23-14-12-19(13-15-23)16-18-10-11-18/h2-9,18-19H,10-16H2,1H3. The summed E-state index contributed by atoms with van der Waals surface area (Å²) in [5.74, 6) is 2.06. The molecular weight excluding hydrogens is 278 g/mol. The van der Waals surface area contributed by atoms with E-state index in [2.05, 4.69) is 60.4 Å². The van der Waals surface area contributed by atoms with E-state index in [1.807, 2.05) is 0 Å². The Morgan fingerprint density at radius 2 is 1.52 bits per heavy atom. The number of hydrogen-bond acceptors (Lipinski definition) is 1. The summed E-state index contributed by atoms with van der Waals surface area (Å²) in [7, 11) is 0. The smallest absolute Gasteiger partial charge is 0.0402 e. The fraction of sp³-hybridized carbons (Fsp3) is 0.455. The van der Waals surface area contributed by atoms with Crippen molar-refractivity contribution in [2.75, 3.05) is 18.0 Å². The molecular formula is C22H27N. The second-order valence-electron chi connectivity index (χ2n) is 7.43. The largest absolute Gasteiger partial charge is 0.371 e. The van der Waals surface area contributed by atoms with Crippen LogP contribution in [0.25, 0.3) is 11.1 Å². The summed E-state index contributed by atoms with van der Waals surface area (Å²) in [6.07, 6.45) is 7.25. The molecule has 0 N–H and O–H groups in total. The average molecular weight is 305 g/mol. The SMILES string of the molecule is Cc1c(-c2ccccc2)cccc1N1CCC(CC2CC2)CC1. The zero-order chi connectivity index (χ0) is 15.6. The topological polar surface area (TPSA) is 3.24 Å². The minimum Gasteiger partial charge on any atom is -0.371 e. The summed E-state index contributed by atoms with van der Waals surface area (Å²) in [6.45, 7) is 4.75. The molecule has 0 unspecified atom stereocenters. The highest BCUT2D eigenvalue weighted by Gasteiger charge is 2.28. The molecule has 1 nitrogen and oxygen atoms in total. The van der Waals surface area contributed by atoms with Gasteiger partial charge in [-0.3, -0.25) is 0 Å². The van der Waals surface area contributed by atoms with E-state index in [9.17, 15) is 0 Å². The van der Waals surface area contributed by atoms with Gasteiger partial charge in [-0.25, -0.2) is 0 Å². The number of hydrogen-bond donors (Lipinski definition) is 0. The number of benzene rings is 2. The molecule has 1 saturated heterocycles. The molecule has 0 amide bonds. The van der Waals surface area contributed by atoms with E-state index in [0.29, 0.717) is 0 Å². The maximum Gasteiger partial charge on any atom is 0.0402 e. The summed E-state index contributed by atoms with van der Waals surface area (Å²) in [4.78, 5) is 2.62. The third-order valence-electron chi connectivity index (χ3n) is 5.71. The molecule has 120 valence electrons. The summed E-state index contributed by atoms with van der Waals surface area (Å²) < 4.78 is 0. The Labute approximate surface area is 140 Å². The van der Waals surface area contributed by atoms with Crippen LogP contribution in [0.2, 0.25) is 0 Å². The molecule has 4 rings (SSSR count). The van der Waals surface area contributed by atoms with Crippen LogP contribution in [0.5, 0.6) is 0 Å². The van der Waals surface area contributed by atoms with Gasteiger partial charge < -0.3 is 4.90 Å². The van der Waals surface area contributed by atoms with Crippen LogP contribution in [0.1, 0.15) is 37.7 Å². The van der Waals surface area contributed by atoms with Gasteiger partial charge in [0.05, 0.1) is 0 Å². The normalized spacial score (nSPS) is 19.1. The van der Waals surface area contributed by atoms with E-state index in [4.69, 9.17) is 0 Å². The van der Waals surface area contributed by atoms with Gasteiger partial charge in [-0.05, 0) is 60.8 Å². The fourth-order valence-corrected chi connectivity index (χ4v) is 4.13. The lowest BCUT2D eigenvalue weighted by molar-refractivity contribution is 0.364. The lowest BCUT2D eigenvalue weighted by Crippen LogP contribution is -2.34. The van der Waals surface area contributed by atoms with Gasteiger partial charge in [0.2, 0.25) is 0 Å². The molecule has 0 atom stereocenters. The first-order valence-corrected chi connectivity index (χ1v) is 9.21. The lowest BCUT2D eigenvalue weighted by atomic mass is 9.90. The molecule has 1 heterocycles. The Morgan fingerprint density at radius 3 is 2.22 bits per heavy atom. The highest BCUT2D eigenvalue weighted by molar-refractivity contribution is 5.74. The molecule has 2 aromatic carbocycles. The van der Waals surface area contributed by atoms with Gasteiger partial charge in [-0.15, -0.1) is 0 Å². The Balaban J connectivity index is 1.51. The van der Waals surface area contributed by atoms with Crippen molar-refractivity contribution in [2.24, 2.45) is 11.8 Å². The van der Waals surface area contributed by atoms with Crippen molar-refractivity contribution in [3.8, 4) is 11.1 Å². The van der Waals surface area contributed by atoms with Gasteiger partial charge in [-0.1, -0.05) is 55.3 Å². The van der Waals surface area contributed by atoms with Gasteiger partial charge in [0, 0.05) is 18.8 Å². The second-order valence-corrected chi connectivity index (χ2v) is 7.43. The van der Waals surface area contributed by atoms with Gasteiger partial charge >= 0.3 is 0 Å². The van der Waals surface area contributed by atoms with Gasteiger partial charge in [0.15, 0.2) is 0 Å². The Bertz CT molecular complexity index is 649. The zero-order valence-corrected chi connectivity index (χ0v) is 14.2. The van der Waals surface area contributed by atoms with Crippen LogP contribution in [0.15, 0.2) is 48.5 Å². The van der Waals surface area contributed by atoms with Crippen molar-refractivity contribution in [3.63, 3.8) is 0 Å². The first-order valence-electron chi connectivity index (χ1n) is 9.21. The van der Waals surface area contributed by atoms with Crippen molar-refractivity contribution in [3.05, 3.63) is 54.1 Å². The summed E-state index contributed by atoms with van der Waals surface area (Å²) >= 11 is 0. The summed E-state index contributed by atoms with van der Waals surface area (Å²) in [6, 6.07) is 17.6. The number of nitrogens with zero attached hydrogens (tertiary/aromatic N) is 1. The van der Waals surface area contributed by atoms with E-state index in [-0.39, 0.29) is 0 Å². The first kappa shape index (κ1) is 14.8. The van der Waals surface area contributed by atoms with Gasteiger partial charge in [-0.2, -0.15) is 0 Å². The molecule has 2 aliphatic rings. The van der Waals surface area contributed by atoms with Crippen molar-refractivity contribution >= 4 is 5.69 Å². The Hall–Kier alpha value is -1.76. The third kappa shape index (κ3) is 3.29. The first-order chi connectivity index (χ1) is 11.3. The molecule has 0 bridgehead atoms. The van der Waals surface area contributed by atoms with Crippen LogP contribution < -0.4 is 4.90 Å². The molecule has 0 spiro atoms. The van der Waals surface area contributed by atoms with Crippen LogP contribution in [0.4, 0.5) is 5.69 Å². The van der Waals surface area contributed by atoms with Crippen LogP contribution in [0.3, 0.4) is 0 Å². The third-order valence-corrected chi connectivity index (χ3v) is 5.71. The predicted molar refractivity (Wildman–Crippen MR) is 98.9 cm³/mol. The Morgan fingerprint density at radius 1 is 0.826 bits per heavy atom. The number of anilines is 1. The van der Waals surface area contributed by atoms with E-state index in [0.717, 1.165) is 11.8 Å². The van der Waals surface area contributed by atoms with E-state index < -0.39 is 0 Å². The van der Waals surface area contributed by atoms with Crippen molar-refractivity contribution < 1.29 is 0 Å². The maximum absolute atomic E-state index is 2.62. The Kier molecular flexibility index (Phi) is 4.11. The molecule has 1 heteroatoms. The fourth-order valence-electron chi connectivity index (χ4n) is 4.13. The van der Waals surface area contributed by atoms with Crippen molar-refractivity contribution in [1.82, 2.24) is 0 Å². The van der Waals surface area contributed by atoms with Crippen LogP contribution >= 0.6 is 0 Å². The molecule has 1 saturated carbocycles. The molecule has 0 radical (unpaired) electrons. The summed E-state index contributed by atoms with van der Waals surface area (Å²) in [5, 5.41) is 0. The van der Waals surface area contributed by atoms with Gasteiger partial charge in [0.25, 0.3) is 0 Å². The summed E-state index contributed by atoms with van der Waals surface area (Å²) in [5.41, 5.74) is 5.58. The minimum absolute atomic E-state index is 0.983. The van der Waals surface area contributed by atoms with Gasteiger partial charge in [0.1, 0.15) is 0 Å². The predicted octanol–water partition coefficient (Wildman–Crippen LogP) is 5.68. The zero-order valence-electron chi connectivity index (χ0n) is 14.2. The molecule has 2 fully saturated rings.